The Morgan fingerprint density at radius 1 is 1.15 bits per heavy atom. The SMILES string of the molecule is CCC(CC)N1CC2(CCCC2)NCc2ccccc21. The van der Waals surface area contributed by atoms with E-state index in [0.29, 0.717) is 11.6 Å². The second-order valence-corrected chi connectivity index (χ2v) is 6.57. The Morgan fingerprint density at radius 2 is 1.85 bits per heavy atom. The fourth-order valence-electron chi connectivity index (χ4n) is 4.13. The molecule has 1 aromatic rings. The molecule has 0 radical (unpaired) electrons. The van der Waals surface area contributed by atoms with Gasteiger partial charge in [-0.2, -0.15) is 0 Å². The topological polar surface area (TPSA) is 15.3 Å². The van der Waals surface area contributed by atoms with Crippen LogP contribution < -0.4 is 10.2 Å². The van der Waals surface area contributed by atoms with Crippen molar-refractivity contribution in [2.45, 2.75) is 70.5 Å². The summed E-state index contributed by atoms with van der Waals surface area (Å²) in [4.78, 5) is 2.71. The second-order valence-electron chi connectivity index (χ2n) is 6.57. The van der Waals surface area contributed by atoms with Gasteiger partial charge in [0.2, 0.25) is 0 Å². The highest BCUT2D eigenvalue weighted by Gasteiger charge is 2.38. The van der Waals surface area contributed by atoms with Crippen LogP contribution in [0.1, 0.15) is 57.9 Å². The summed E-state index contributed by atoms with van der Waals surface area (Å²) in [6, 6.07) is 9.67. The number of fused-ring (bicyclic) bond motifs is 1. The smallest absolute Gasteiger partial charge is 0.0414 e. The maximum atomic E-state index is 3.90. The van der Waals surface area contributed by atoms with Gasteiger partial charge in [0.25, 0.3) is 0 Å². The molecule has 0 unspecified atom stereocenters. The summed E-state index contributed by atoms with van der Waals surface area (Å²) in [6.45, 7) is 6.88. The minimum atomic E-state index is 0.363. The minimum absolute atomic E-state index is 0.363. The first-order valence-corrected chi connectivity index (χ1v) is 8.37. The number of hydrogen-bond donors (Lipinski definition) is 1. The van der Waals surface area contributed by atoms with E-state index in [4.69, 9.17) is 0 Å². The minimum Gasteiger partial charge on any atom is -0.366 e. The normalized spacial score (nSPS) is 21.2. The highest BCUT2D eigenvalue weighted by Crippen LogP contribution is 2.37. The molecule has 1 aliphatic heterocycles. The van der Waals surface area contributed by atoms with Crippen molar-refractivity contribution in [3.05, 3.63) is 29.8 Å². The first-order chi connectivity index (χ1) is 9.78. The number of rotatable bonds is 3. The van der Waals surface area contributed by atoms with Gasteiger partial charge in [-0.25, -0.2) is 0 Å². The van der Waals surface area contributed by atoms with Crippen LogP contribution in [0.3, 0.4) is 0 Å². The number of nitrogens with one attached hydrogen (secondary N) is 1. The summed E-state index contributed by atoms with van der Waals surface area (Å²) in [5, 5.41) is 3.90. The Hall–Kier alpha value is -1.02. The van der Waals surface area contributed by atoms with Gasteiger partial charge in [0, 0.05) is 30.4 Å². The lowest BCUT2D eigenvalue weighted by Crippen LogP contribution is -2.52. The van der Waals surface area contributed by atoms with Crippen molar-refractivity contribution in [3.63, 3.8) is 0 Å². The molecule has 0 amide bonds. The summed E-state index contributed by atoms with van der Waals surface area (Å²) >= 11 is 0. The molecule has 110 valence electrons. The maximum absolute atomic E-state index is 3.90. The third-order valence-corrected chi connectivity index (χ3v) is 5.37. The van der Waals surface area contributed by atoms with Crippen molar-refractivity contribution < 1.29 is 0 Å². The van der Waals surface area contributed by atoms with Gasteiger partial charge >= 0.3 is 0 Å². The zero-order valence-corrected chi connectivity index (χ0v) is 13.0. The van der Waals surface area contributed by atoms with Gasteiger partial charge in [-0.15, -0.1) is 0 Å². The predicted molar refractivity (Wildman–Crippen MR) is 86.2 cm³/mol. The molecule has 2 aliphatic rings. The molecule has 1 fully saturated rings. The number of nitrogens with zero attached hydrogens (tertiary/aromatic N) is 1. The summed E-state index contributed by atoms with van der Waals surface area (Å²) in [5.74, 6) is 0. The monoisotopic (exact) mass is 272 g/mol. The van der Waals surface area contributed by atoms with Crippen LogP contribution in [0.25, 0.3) is 0 Å². The van der Waals surface area contributed by atoms with Crippen molar-refractivity contribution in [1.82, 2.24) is 5.32 Å². The molecular formula is C18H28N2. The molecule has 2 heteroatoms. The van der Waals surface area contributed by atoms with Crippen LogP contribution in [0, 0.1) is 0 Å². The van der Waals surface area contributed by atoms with Crippen molar-refractivity contribution in [2.24, 2.45) is 0 Å². The molecule has 2 nitrogen and oxygen atoms in total. The van der Waals surface area contributed by atoms with Crippen LogP contribution in [0.2, 0.25) is 0 Å². The zero-order chi connectivity index (χ0) is 14.0. The largest absolute Gasteiger partial charge is 0.366 e. The average Bonchev–Trinajstić information content (AvgIpc) is 2.88. The van der Waals surface area contributed by atoms with E-state index in [9.17, 15) is 0 Å². The van der Waals surface area contributed by atoms with Crippen molar-refractivity contribution in [3.8, 4) is 0 Å². The zero-order valence-electron chi connectivity index (χ0n) is 13.0. The molecule has 1 spiro atoms. The molecule has 3 rings (SSSR count). The fourth-order valence-corrected chi connectivity index (χ4v) is 4.13. The van der Waals surface area contributed by atoms with Crippen LogP contribution in [0.15, 0.2) is 24.3 Å². The Labute approximate surface area is 123 Å². The predicted octanol–water partition coefficient (Wildman–Crippen LogP) is 4.10. The molecular weight excluding hydrogens is 244 g/mol. The first-order valence-electron chi connectivity index (χ1n) is 8.37. The van der Waals surface area contributed by atoms with E-state index in [0.717, 1.165) is 6.54 Å². The molecule has 1 aromatic carbocycles. The van der Waals surface area contributed by atoms with Gasteiger partial charge in [0.15, 0.2) is 0 Å². The van der Waals surface area contributed by atoms with E-state index in [-0.39, 0.29) is 0 Å². The van der Waals surface area contributed by atoms with Crippen LogP contribution in [-0.4, -0.2) is 18.1 Å². The lowest BCUT2D eigenvalue weighted by atomic mass is 9.95. The summed E-state index contributed by atoms with van der Waals surface area (Å²) in [7, 11) is 0. The molecule has 1 N–H and O–H groups in total. The van der Waals surface area contributed by atoms with Crippen molar-refractivity contribution in [2.75, 3.05) is 11.4 Å². The number of hydrogen-bond acceptors (Lipinski definition) is 2. The van der Waals surface area contributed by atoms with Gasteiger partial charge in [0.1, 0.15) is 0 Å². The molecule has 0 aromatic heterocycles. The molecule has 20 heavy (non-hydrogen) atoms. The quantitative estimate of drug-likeness (QED) is 0.891. The molecule has 0 atom stereocenters. The first kappa shape index (κ1) is 13.9. The number of benzene rings is 1. The standard InChI is InChI=1S/C18H28N2/c1-3-16(4-2)20-14-18(11-7-8-12-18)19-13-15-9-5-6-10-17(15)20/h5-6,9-10,16,19H,3-4,7-8,11-14H2,1-2H3. The van der Waals surface area contributed by atoms with Crippen molar-refractivity contribution in [1.29, 1.82) is 0 Å². The number of para-hydroxylation sites is 1. The lowest BCUT2D eigenvalue weighted by molar-refractivity contribution is 0.327. The van der Waals surface area contributed by atoms with Crippen molar-refractivity contribution >= 4 is 5.69 Å². The lowest BCUT2D eigenvalue weighted by Gasteiger charge is -2.39. The Bertz CT molecular complexity index is 444. The summed E-state index contributed by atoms with van der Waals surface area (Å²) < 4.78 is 0. The summed E-state index contributed by atoms with van der Waals surface area (Å²) in [5.41, 5.74) is 3.31. The molecule has 0 saturated heterocycles. The average molecular weight is 272 g/mol. The molecule has 1 aliphatic carbocycles. The summed E-state index contributed by atoms with van der Waals surface area (Å²) in [6.07, 6.45) is 7.94. The highest BCUT2D eigenvalue weighted by molar-refractivity contribution is 5.56. The van der Waals surface area contributed by atoms with E-state index in [2.05, 4.69) is 48.3 Å². The molecule has 1 heterocycles. The van der Waals surface area contributed by atoms with E-state index in [1.807, 2.05) is 0 Å². The van der Waals surface area contributed by atoms with Crippen LogP contribution in [0.4, 0.5) is 5.69 Å². The van der Waals surface area contributed by atoms with Gasteiger partial charge in [0.05, 0.1) is 0 Å². The van der Waals surface area contributed by atoms with Gasteiger partial charge in [-0.3, -0.25) is 0 Å². The van der Waals surface area contributed by atoms with Gasteiger partial charge in [-0.1, -0.05) is 44.9 Å². The Balaban J connectivity index is 1.97. The van der Waals surface area contributed by atoms with Crippen LogP contribution >= 0.6 is 0 Å². The highest BCUT2D eigenvalue weighted by atomic mass is 15.2. The van der Waals surface area contributed by atoms with E-state index in [1.54, 1.807) is 0 Å². The van der Waals surface area contributed by atoms with Gasteiger partial charge in [-0.05, 0) is 37.3 Å². The van der Waals surface area contributed by atoms with Crippen LogP contribution in [-0.2, 0) is 6.54 Å². The fraction of sp³-hybridized carbons (Fsp3) is 0.667. The van der Waals surface area contributed by atoms with E-state index >= 15 is 0 Å². The van der Waals surface area contributed by atoms with Crippen LogP contribution in [0.5, 0.6) is 0 Å². The molecule has 0 bridgehead atoms. The Morgan fingerprint density at radius 3 is 2.55 bits per heavy atom. The van der Waals surface area contributed by atoms with E-state index in [1.165, 1.54) is 56.3 Å². The molecule has 1 saturated carbocycles. The number of anilines is 1. The van der Waals surface area contributed by atoms with Gasteiger partial charge < -0.3 is 10.2 Å². The van der Waals surface area contributed by atoms with E-state index < -0.39 is 0 Å². The third kappa shape index (κ3) is 2.46. The second kappa shape index (κ2) is 5.77. The Kier molecular flexibility index (Phi) is 4.02. The maximum Gasteiger partial charge on any atom is 0.0414 e. The third-order valence-electron chi connectivity index (χ3n) is 5.37.